The minimum absolute atomic E-state index is 0. The first kappa shape index (κ1) is 19.9. The van der Waals surface area contributed by atoms with Gasteiger partial charge in [0, 0.05) is 31.1 Å². The van der Waals surface area contributed by atoms with Gasteiger partial charge in [-0.2, -0.15) is 0 Å². The Kier molecular flexibility index (Phi) is 6.77. The molecule has 3 aromatic rings. The van der Waals surface area contributed by atoms with E-state index in [1.54, 1.807) is 12.1 Å². The van der Waals surface area contributed by atoms with Gasteiger partial charge >= 0.3 is 0 Å². The van der Waals surface area contributed by atoms with Gasteiger partial charge < -0.3 is 15.6 Å². The number of fused-ring (bicyclic) bond motifs is 1. The number of benzene rings is 2. The Hall–Kier alpha value is -2.37. The average molecular weight is 373 g/mol. The monoisotopic (exact) mass is 372 g/mol. The molecule has 138 valence electrons. The molecule has 1 aromatic heterocycles. The number of hydrogen-bond acceptors (Lipinski definition) is 3. The molecule has 26 heavy (non-hydrogen) atoms. The van der Waals surface area contributed by atoms with Crippen LogP contribution in [0, 0.1) is 0 Å². The van der Waals surface area contributed by atoms with Crippen molar-refractivity contribution < 1.29 is 4.79 Å². The Morgan fingerprint density at radius 1 is 1.15 bits per heavy atom. The molecule has 0 radical (unpaired) electrons. The van der Waals surface area contributed by atoms with Crippen LogP contribution in [0.15, 0.2) is 48.5 Å². The molecule has 0 unspecified atom stereocenters. The zero-order valence-electron chi connectivity index (χ0n) is 15.1. The summed E-state index contributed by atoms with van der Waals surface area (Å²) in [7, 11) is 0. The van der Waals surface area contributed by atoms with E-state index in [1.807, 2.05) is 30.3 Å². The fraction of sp³-hybridized carbons (Fsp3) is 0.300. The second-order valence-electron chi connectivity index (χ2n) is 6.39. The molecule has 0 saturated heterocycles. The van der Waals surface area contributed by atoms with Gasteiger partial charge in [-0.3, -0.25) is 4.79 Å². The molecule has 3 N–H and O–H groups in total. The van der Waals surface area contributed by atoms with E-state index in [-0.39, 0.29) is 18.3 Å². The van der Waals surface area contributed by atoms with Crippen LogP contribution in [-0.2, 0) is 13.0 Å². The summed E-state index contributed by atoms with van der Waals surface area (Å²) in [5.74, 6) is 0.922. The summed E-state index contributed by atoms with van der Waals surface area (Å²) in [4.78, 5) is 17.0. The van der Waals surface area contributed by atoms with Gasteiger partial charge in [0.15, 0.2) is 0 Å². The Labute approximate surface area is 160 Å². The largest absolute Gasteiger partial charge is 0.352 e. The molecule has 1 amide bonds. The summed E-state index contributed by atoms with van der Waals surface area (Å²) in [5.41, 5.74) is 9.38. The summed E-state index contributed by atoms with van der Waals surface area (Å²) < 4.78 is 2.23. The average Bonchev–Trinajstić information content (AvgIpc) is 3.00. The molecule has 6 heteroatoms. The van der Waals surface area contributed by atoms with Crippen molar-refractivity contribution in [1.29, 1.82) is 0 Å². The van der Waals surface area contributed by atoms with Gasteiger partial charge in [0.25, 0.3) is 5.91 Å². The summed E-state index contributed by atoms with van der Waals surface area (Å²) in [6, 6.07) is 15.8. The Morgan fingerprint density at radius 2 is 1.85 bits per heavy atom. The number of imidazole rings is 1. The maximum Gasteiger partial charge on any atom is 0.251 e. The summed E-state index contributed by atoms with van der Waals surface area (Å²) >= 11 is 0. The number of halogens is 1. The summed E-state index contributed by atoms with van der Waals surface area (Å²) in [6.07, 6.45) is 0.694. The number of carbonyl (C=O) groups is 1. The lowest BCUT2D eigenvalue weighted by Crippen LogP contribution is -2.26. The third kappa shape index (κ3) is 4.23. The third-order valence-corrected chi connectivity index (χ3v) is 4.27. The van der Waals surface area contributed by atoms with Gasteiger partial charge in [-0.25, -0.2) is 4.98 Å². The lowest BCUT2D eigenvalue weighted by atomic mass is 10.1. The molecule has 0 spiro atoms. The van der Waals surface area contributed by atoms with Crippen LogP contribution < -0.4 is 11.1 Å². The quantitative estimate of drug-likeness (QED) is 0.695. The fourth-order valence-electron chi connectivity index (χ4n) is 3.03. The van der Waals surface area contributed by atoms with Crippen LogP contribution in [-0.4, -0.2) is 22.0 Å². The number of carbonyl (C=O) groups excluding carboxylic acids is 1. The van der Waals surface area contributed by atoms with E-state index in [0.717, 1.165) is 22.4 Å². The smallest absolute Gasteiger partial charge is 0.251 e. The van der Waals surface area contributed by atoms with Crippen LogP contribution >= 0.6 is 12.4 Å². The molecule has 0 aliphatic carbocycles. The van der Waals surface area contributed by atoms with E-state index < -0.39 is 0 Å². The Balaban J connectivity index is 0.00000243. The normalized spacial score (nSPS) is 10.8. The lowest BCUT2D eigenvalue weighted by molar-refractivity contribution is 0.0954. The maximum absolute atomic E-state index is 12.3. The zero-order chi connectivity index (χ0) is 17.8. The molecule has 0 atom stereocenters. The van der Waals surface area contributed by atoms with Crippen LogP contribution in [0.3, 0.4) is 0 Å². The van der Waals surface area contributed by atoms with Gasteiger partial charge in [0.05, 0.1) is 11.0 Å². The van der Waals surface area contributed by atoms with Crippen molar-refractivity contribution in [2.75, 3.05) is 6.54 Å². The van der Waals surface area contributed by atoms with Crippen LogP contribution in [0.2, 0.25) is 0 Å². The molecule has 0 bridgehead atoms. The Morgan fingerprint density at radius 3 is 2.50 bits per heavy atom. The molecule has 0 fully saturated rings. The molecular formula is C20H25ClN4O. The van der Waals surface area contributed by atoms with Crippen LogP contribution in [0.5, 0.6) is 0 Å². The van der Waals surface area contributed by atoms with Gasteiger partial charge in [-0.15, -0.1) is 12.4 Å². The van der Waals surface area contributed by atoms with Gasteiger partial charge in [0.2, 0.25) is 0 Å². The number of hydrogen-bond donors (Lipinski definition) is 2. The van der Waals surface area contributed by atoms with Crippen LogP contribution in [0.1, 0.15) is 41.6 Å². The first-order chi connectivity index (χ1) is 12.1. The highest BCUT2D eigenvalue weighted by molar-refractivity contribution is 5.94. The highest BCUT2D eigenvalue weighted by Crippen LogP contribution is 2.21. The molecule has 0 aliphatic heterocycles. The molecule has 0 saturated carbocycles. The van der Waals surface area contributed by atoms with E-state index in [9.17, 15) is 4.79 Å². The van der Waals surface area contributed by atoms with Crippen LogP contribution in [0.25, 0.3) is 11.0 Å². The number of rotatable bonds is 6. The zero-order valence-corrected chi connectivity index (χ0v) is 15.9. The van der Waals surface area contributed by atoms with Crippen molar-refractivity contribution >= 4 is 29.3 Å². The van der Waals surface area contributed by atoms with E-state index >= 15 is 0 Å². The summed E-state index contributed by atoms with van der Waals surface area (Å²) in [5, 5.41) is 2.97. The van der Waals surface area contributed by atoms with Crippen molar-refractivity contribution in [2.45, 2.75) is 32.9 Å². The van der Waals surface area contributed by atoms with E-state index in [2.05, 4.69) is 29.8 Å². The van der Waals surface area contributed by atoms with Crippen molar-refractivity contribution in [3.8, 4) is 0 Å². The van der Waals surface area contributed by atoms with E-state index in [1.165, 1.54) is 0 Å². The topological polar surface area (TPSA) is 72.9 Å². The molecule has 2 aromatic carbocycles. The third-order valence-electron chi connectivity index (χ3n) is 4.27. The van der Waals surface area contributed by atoms with Gasteiger partial charge in [-0.05, 0) is 43.7 Å². The Bertz CT molecular complexity index is 871. The minimum Gasteiger partial charge on any atom is -0.352 e. The van der Waals surface area contributed by atoms with E-state index in [0.29, 0.717) is 31.1 Å². The van der Waals surface area contributed by atoms with Crippen molar-refractivity contribution in [1.82, 2.24) is 14.9 Å². The number of para-hydroxylation sites is 2. The highest BCUT2D eigenvalue weighted by atomic mass is 35.5. The molecule has 0 aliphatic rings. The predicted molar refractivity (Wildman–Crippen MR) is 108 cm³/mol. The first-order valence-corrected chi connectivity index (χ1v) is 8.63. The standard InChI is InChI=1S/C20H24N4O.ClH/c1-14(2)24-18-6-4-3-5-17(18)23-19(24)11-12-22-20(25)16-9-7-15(13-21)8-10-16;/h3-10,14H,11-13,21H2,1-2H3,(H,22,25);1H. The number of nitrogens with one attached hydrogen (secondary N) is 1. The predicted octanol–water partition coefficient (Wildman–Crippen LogP) is 3.47. The first-order valence-electron chi connectivity index (χ1n) is 8.63. The van der Waals surface area contributed by atoms with E-state index in [4.69, 9.17) is 10.7 Å². The molecule has 3 rings (SSSR count). The van der Waals surface area contributed by atoms with Gasteiger partial charge in [-0.1, -0.05) is 24.3 Å². The van der Waals surface area contributed by atoms with Crippen LogP contribution in [0.4, 0.5) is 0 Å². The number of amides is 1. The number of aromatic nitrogens is 2. The summed E-state index contributed by atoms with van der Waals surface area (Å²) in [6.45, 7) is 5.32. The number of nitrogens with zero attached hydrogens (tertiary/aromatic N) is 2. The van der Waals surface area contributed by atoms with Crippen molar-refractivity contribution in [3.05, 3.63) is 65.5 Å². The minimum atomic E-state index is -0.0734. The molecular weight excluding hydrogens is 348 g/mol. The molecule has 1 heterocycles. The lowest BCUT2D eigenvalue weighted by Gasteiger charge is -2.13. The van der Waals surface area contributed by atoms with Gasteiger partial charge in [0.1, 0.15) is 5.82 Å². The SMILES string of the molecule is CC(C)n1c(CCNC(=O)c2ccc(CN)cc2)nc2ccccc21.Cl. The maximum atomic E-state index is 12.3. The van der Waals surface area contributed by atoms with Crippen molar-refractivity contribution in [3.63, 3.8) is 0 Å². The molecule has 5 nitrogen and oxygen atoms in total. The highest BCUT2D eigenvalue weighted by Gasteiger charge is 2.13. The fourth-order valence-corrected chi connectivity index (χ4v) is 3.03. The second-order valence-corrected chi connectivity index (χ2v) is 6.39. The van der Waals surface area contributed by atoms with Crippen molar-refractivity contribution in [2.24, 2.45) is 5.73 Å². The second kappa shape index (κ2) is 8.83. The number of nitrogens with two attached hydrogens (primary N) is 1.